The van der Waals surface area contributed by atoms with Crippen molar-refractivity contribution >= 4 is 21.9 Å². The van der Waals surface area contributed by atoms with Crippen molar-refractivity contribution in [2.45, 2.75) is 44.9 Å². The molecule has 2 heteroatoms. The third-order valence-corrected chi connectivity index (χ3v) is 7.41. The van der Waals surface area contributed by atoms with Gasteiger partial charge in [0.15, 0.2) is 0 Å². The second kappa shape index (κ2) is 8.51. The Labute approximate surface area is 195 Å². The molecule has 6 rings (SSSR count). The zero-order valence-corrected chi connectivity index (χ0v) is 19.1. The van der Waals surface area contributed by atoms with Gasteiger partial charge >= 0.3 is 0 Å². The van der Waals surface area contributed by atoms with Crippen LogP contribution >= 0.6 is 0 Å². The van der Waals surface area contributed by atoms with Crippen LogP contribution in [0.2, 0.25) is 0 Å². The van der Waals surface area contributed by atoms with Gasteiger partial charge in [0.25, 0.3) is 0 Å². The Kier molecular flexibility index (Phi) is 5.22. The predicted molar refractivity (Wildman–Crippen MR) is 137 cm³/mol. The van der Waals surface area contributed by atoms with E-state index < -0.39 is 0 Å². The highest BCUT2D eigenvalue weighted by Crippen LogP contribution is 2.35. The summed E-state index contributed by atoms with van der Waals surface area (Å²) in [5, 5.41) is 2.32. The molecular weight excluding hydrogens is 402 g/mol. The number of furan rings is 1. The molecule has 0 amide bonds. The van der Waals surface area contributed by atoms with Gasteiger partial charge in [0.1, 0.15) is 11.2 Å². The summed E-state index contributed by atoms with van der Waals surface area (Å²) < 4.78 is 6.26. The summed E-state index contributed by atoms with van der Waals surface area (Å²) in [5.41, 5.74) is 8.08. The monoisotopic (exact) mass is 431 g/mol. The van der Waals surface area contributed by atoms with Crippen molar-refractivity contribution in [2.24, 2.45) is 5.92 Å². The van der Waals surface area contributed by atoms with E-state index in [4.69, 9.17) is 9.40 Å². The minimum atomic E-state index is 0.325. The lowest BCUT2D eigenvalue weighted by Crippen LogP contribution is -1.99. The van der Waals surface area contributed by atoms with E-state index in [9.17, 15) is 0 Å². The van der Waals surface area contributed by atoms with E-state index >= 15 is 0 Å². The number of nitrogens with zero attached hydrogens (tertiary/aromatic N) is 1. The van der Waals surface area contributed by atoms with Crippen LogP contribution in [-0.2, 0) is 6.42 Å². The summed E-state index contributed by atoms with van der Waals surface area (Å²) in [6, 6.07) is 28.2. The van der Waals surface area contributed by atoms with Crippen molar-refractivity contribution in [1.29, 1.82) is 0 Å². The molecule has 3 aromatic carbocycles. The SMILES string of the molecule is CC(c1ccccc1)c1ccc2c(c1)oc1ccc(-c3cc(CC4CCCC4)ccn3)cc12. The second-order valence-electron chi connectivity index (χ2n) is 9.60. The third-order valence-electron chi connectivity index (χ3n) is 7.41. The number of hydrogen-bond acceptors (Lipinski definition) is 2. The van der Waals surface area contributed by atoms with Crippen LogP contribution in [0, 0.1) is 5.92 Å². The molecule has 1 aliphatic carbocycles. The van der Waals surface area contributed by atoms with E-state index in [1.165, 1.54) is 48.8 Å². The minimum Gasteiger partial charge on any atom is -0.456 e. The van der Waals surface area contributed by atoms with Gasteiger partial charge in [-0.05, 0) is 65.4 Å². The van der Waals surface area contributed by atoms with Crippen LogP contribution < -0.4 is 0 Å². The molecule has 1 unspecified atom stereocenters. The second-order valence-corrected chi connectivity index (χ2v) is 9.60. The van der Waals surface area contributed by atoms with Gasteiger partial charge in [0.05, 0.1) is 5.69 Å². The van der Waals surface area contributed by atoms with E-state index in [-0.39, 0.29) is 0 Å². The molecule has 1 saturated carbocycles. The summed E-state index contributed by atoms with van der Waals surface area (Å²) in [7, 11) is 0. The number of aromatic nitrogens is 1. The predicted octanol–water partition coefficient (Wildman–Crippen LogP) is 8.53. The van der Waals surface area contributed by atoms with Crippen molar-refractivity contribution < 1.29 is 4.42 Å². The fourth-order valence-corrected chi connectivity index (χ4v) is 5.46. The van der Waals surface area contributed by atoms with Crippen molar-refractivity contribution in [3.63, 3.8) is 0 Å². The summed E-state index contributed by atoms with van der Waals surface area (Å²) in [6.07, 6.45) is 8.66. The highest BCUT2D eigenvalue weighted by Gasteiger charge is 2.16. The molecule has 5 aromatic rings. The molecule has 2 nitrogen and oxygen atoms in total. The molecule has 1 fully saturated rings. The smallest absolute Gasteiger partial charge is 0.135 e. The third kappa shape index (κ3) is 3.95. The van der Waals surface area contributed by atoms with Crippen LogP contribution in [-0.4, -0.2) is 4.98 Å². The Balaban J connectivity index is 1.34. The van der Waals surface area contributed by atoms with Gasteiger partial charge in [0, 0.05) is 28.5 Å². The minimum absolute atomic E-state index is 0.325. The number of fused-ring (bicyclic) bond motifs is 3. The first-order chi connectivity index (χ1) is 16.2. The lowest BCUT2D eigenvalue weighted by molar-refractivity contribution is 0.546. The maximum atomic E-state index is 6.26. The van der Waals surface area contributed by atoms with E-state index in [1.807, 2.05) is 6.20 Å². The number of pyridine rings is 1. The Bertz CT molecular complexity index is 1410. The highest BCUT2D eigenvalue weighted by molar-refractivity contribution is 6.06. The maximum Gasteiger partial charge on any atom is 0.135 e. The average molecular weight is 432 g/mol. The van der Waals surface area contributed by atoms with Crippen LogP contribution in [0.25, 0.3) is 33.2 Å². The quantitative estimate of drug-likeness (QED) is 0.279. The summed E-state index contributed by atoms with van der Waals surface area (Å²) in [5.74, 6) is 1.17. The molecule has 164 valence electrons. The molecule has 0 N–H and O–H groups in total. The van der Waals surface area contributed by atoms with Gasteiger partial charge in [-0.1, -0.05) is 75.1 Å². The Morgan fingerprint density at radius 1 is 0.818 bits per heavy atom. The Morgan fingerprint density at radius 2 is 1.67 bits per heavy atom. The van der Waals surface area contributed by atoms with Gasteiger partial charge in [-0.2, -0.15) is 0 Å². The van der Waals surface area contributed by atoms with Gasteiger partial charge in [-0.3, -0.25) is 4.98 Å². The highest BCUT2D eigenvalue weighted by atomic mass is 16.3. The van der Waals surface area contributed by atoms with E-state index in [2.05, 4.69) is 85.8 Å². The van der Waals surface area contributed by atoms with Gasteiger partial charge in [-0.25, -0.2) is 0 Å². The summed E-state index contributed by atoms with van der Waals surface area (Å²) >= 11 is 0. The topological polar surface area (TPSA) is 26.0 Å². The first-order valence-corrected chi connectivity index (χ1v) is 12.2. The Hall–Kier alpha value is -3.39. The fraction of sp³-hybridized carbons (Fsp3) is 0.258. The van der Waals surface area contributed by atoms with Crippen LogP contribution in [0.5, 0.6) is 0 Å². The molecule has 1 aliphatic rings. The van der Waals surface area contributed by atoms with Gasteiger partial charge < -0.3 is 4.42 Å². The zero-order chi connectivity index (χ0) is 22.2. The van der Waals surface area contributed by atoms with Crippen LogP contribution in [0.4, 0.5) is 0 Å². The normalized spacial score (nSPS) is 15.4. The molecule has 0 spiro atoms. The van der Waals surface area contributed by atoms with Crippen molar-refractivity contribution in [1.82, 2.24) is 4.98 Å². The summed E-state index contributed by atoms with van der Waals surface area (Å²) in [6.45, 7) is 2.25. The Morgan fingerprint density at radius 3 is 2.52 bits per heavy atom. The lowest BCUT2D eigenvalue weighted by Gasteiger charge is -2.12. The van der Waals surface area contributed by atoms with Crippen molar-refractivity contribution in [3.05, 3.63) is 102 Å². The first-order valence-electron chi connectivity index (χ1n) is 12.2. The van der Waals surface area contributed by atoms with E-state index in [0.717, 1.165) is 39.1 Å². The standard InChI is InChI=1S/C31H29NO/c1-21(24-9-3-2-4-10-24)25-11-13-27-28-19-26(12-14-30(28)33-31(27)20-25)29-18-23(15-16-32-29)17-22-7-5-6-8-22/h2-4,9-16,18-22H,5-8,17H2,1H3. The van der Waals surface area contributed by atoms with Crippen molar-refractivity contribution in [2.75, 3.05) is 0 Å². The largest absolute Gasteiger partial charge is 0.456 e. The van der Waals surface area contributed by atoms with E-state index in [0.29, 0.717) is 5.92 Å². The van der Waals surface area contributed by atoms with Crippen molar-refractivity contribution in [3.8, 4) is 11.3 Å². The molecule has 0 saturated heterocycles. The molecule has 33 heavy (non-hydrogen) atoms. The molecule has 2 heterocycles. The molecule has 1 atom stereocenters. The molecular formula is C31H29NO. The van der Waals surface area contributed by atoms with Crippen LogP contribution in [0.1, 0.15) is 55.2 Å². The van der Waals surface area contributed by atoms with Gasteiger partial charge in [-0.15, -0.1) is 0 Å². The molecule has 0 bridgehead atoms. The van der Waals surface area contributed by atoms with E-state index in [1.54, 1.807) is 0 Å². The average Bonchev–Trinajstić information content (AvgIpc) is 3.51. The number of hydrogen-bond donors (Lipinski definition) is 0. The number of rotatable bonds is 5. The molecule has 0 radical (unpaired) electrons. The van der Waals surface area contributed by atoms with Crippen LogP contribution in [0.15, 0.2) is 89.5 Å². The number of benzene rings is 3. The fourth-order valence-electron chi connectivity index (χ4n) is 5.46. The zero-order valence-electron chi connectivity index (χ0n) is 19.1. The van der Waals surface area contributed by atoms with Gasteiger partial charge in [0.2, 0.25) is 0 Å². The van der Waals surface area contributed by atoms with Crippen LogP contribution in [0.3, 0.4) is 0 Å². The molecule has 2 aromatic heterocycles. The lowest BCUT2D eigenvalue weighted by atomic mass is 9.92. The molecule has 0 aliphatic heterocycles. The summed E-state index contributed by atoms with van der Waals surface area (Å²) in [4.78, 5) is 4.70. The first kappa shape index (κ1) is 20.2. The maximum absolute atomic E-state index is 6.26.